The lowest BCUT2D eigenvalue weighted by atomic mass is 9.81. The predicted octanol–water partition coefficient (Wildman–Crippen LogP) is 7.15. The molecule has 10 atom stereocenters. The van der Waals surface area contributed by atoms with Gasteiger partial charge in [-0.1, -0.05) is 94.8 Å². The standard InChI is InChI=1S/C44H67NO14S2/c1-10-17-35(55-29-52-7)26-36(58-60(8,48)49)22-23-39-31(3)41(57-44(5,6)56-39)30(2)38(53-27-33-18-13-11-14-19-33)24-25-40(59-61(9,50)51)32(4)42(46)45-37(28-54-43(45)47)34-20-15-12-16-21-34/h11-16,18-21,30-32,35-41H,10,17,22-29H2,1-9H3/t30-,31-,32-,35+,36-,37+,38+,39-,40+,41-/m1/s1. The summed E-state index contributed by atoms with van der Waals surface area (Å²) in [6.45, 7) is 11.6. The number of carbonyl (C=O) groups excluding carboxylic acids is 2. The van der Waals surface area contributed by atoms with Crippen molar-refractivity contribution >= 4 is 32.2 Å². The van der Waals surface area contributed by atoms with E-state index >= 15 is 0 Å². The molecule has 2 fully saturated rings. The van der Waals surface area contributed by atoms with E-state index < -0.39 is 74.4 Å². The number of hydrogen-bond donors (Lipinski definition) is 0. The van der Waals surface area contributed by atoms with Crippen molar-refractivity contribution in [3.05, 3.63) is 71.8 Å². The van der Waals surface area contributed by atoms with Gasteiger partial charge in [0.2, 0.25) is 5.91 Å². The van der Waals surface area contributed by atoms with Crippen LogP contribution in [0.2, 0.25) is 0 Å². The molecule has 0 aliphatic carbocycles. The maximum Gasteiger partial charge on any atom is 0.417 e. The lowest BCUT2D eigenvalue weighted by Crippen LogP contribution is -2.54. The van der Waals surface area contributed by atoms with Gasteiger partial charge in [0.05, 0.1) is 61.7 Å². The van der Waals surface area contributed by atoms with Gasteiger partial charge < -0.3 is 28.4 Å². The number of benzene rings is 2. The van der Waals surface area contributed by atoms with Gasteiger partial charge >= 0.3 is 6.09 Å². The van der Waals surface area contributed by atoms with Gasteiger partial charge in [-0.25, -0.2) is 9.69 Å². The molecule has 15 nitrogen and oxygen atoms in total. The molecule has 0 saturated carbocycles. The predicted molar refractivity (Wildman–Crippen MR) is 228 cm³/mol. The van der Waals surface area contributed by atoms with E-state index in [2.05, 4.69) is 0 Å². The van der Waals surface area contributed by atoms with Crippen molar-refractivity contribution in [3.8, 4) is 0 Å². The fraction of sp³-hybridized carbons (Fsp3) is 0.682. The van der Waals surface area contributed by atoms with E-state index in [9.17, 15) is 26.4 Å². The molecule has 2 heterocycles. The SMILES string of the molecule is CCC[C@@H](C[C@@H](CC[C@H]1OC(C)(C)O[C@H]([C@H](C)[C@H](CC[C@H](OS(C)(=O)=O)[C@@H](C)C(=O)N2C(=O)OC[C@H]2c2ccccc2)OCc2ccccc2)[C@@H]1C)OS(C)(=O)=O)OCOC. The summed E-state index contributed by atoms with van der Waals surface area (Å²) in [6, 6.07) is 18.0. The van der Waals surface area contributed by atoms with Gasteiger partial charge in [0.15, 0.2) is 5.79 Å². The smallest absolute Gasteiger partial charge is 0.417 e. The summed E-state index contributed by atoms with van der Waals surface area (Å²) in [5.41, 5.74) is 1.64. The molecule has 0 spiro atoms. The summed E-state index contributed by atoms with van der Waals surface area (Å²) in [4.78, 5) is 28.1. The molecule has 0 bridgehead atoms. The van der Waals surface area contributed by atoms with E-state index in [4.69, 9.17) is 36.8 Å². The lowest BCUT2D eigenvalue weighted by molar-refractivity contribution is -0.332. The molecule has 2 aromatic carbocycles. The number of methoxy groups -OCH3 is 1. The second kappa shape index (κ2) is 23.1. The van der Waals surface area contributed by atoms with Crippen LogP contribution in [-0.4, -0.2) is 109 Å². The second-order valence-electron chi connectivity index (χ2n) is 16.8. The normalized spacial score (nSPS) is 23.8. The minimum atomic E-state index is -4.05. The highest BCUT2D eigenvalue weighted by molar-refractivity contribution is 7.86. The summed E-state index contributed by atoms with van der Waals surface area (Å²) in [5, 5.41) is 0. The first-order valence-electron chi connectivity index (χ1n) is 21.1. The van der Waals surface area contributed by atoms with E-state index in [1.165, 1.54) is 7.11 Å². The molecular weight excluding hydrogens is 831 g/mol. The quantitative estimate of drug-likeness (QED) is 0.0725. The van der Waals surface area contributed by atoms with Crippen molar-refractivity contribution in [3.63, 3.8) is 0 Å². The van der Waals surface area contributed by atoms with Gasteiger partial charge in [-0.05, 0) is 57.1 Å². The topological polar surface area (TPSA) is 180 Å². The number of ether oxygens (including phenoxy) is 6. The Labute approximate surface area is 363 Å². The van der Waals surface area contributed by atoms with Crippen LogP contribution in [0.4, 0.5) is 4.79 Å². The molecule has 344 valence electrons. The number of hydrogen-bond acceptors (Lipinski definition) is 14. The second-order valence-corrected chi connectivity index (χ2v) is 20.0. The Morgan fingerprint density at radius 2 is 1.48 bits per heavy atom. The Morgan fingerprint density at radius 1 is 0.852 bits per heavy atom. The first kappa shape index (κ1) is 50.6. The van der Waals surface area contributed by atoms with Gasteiger partial charge in [-0.3, -0.25) is 13.2 Å². The Balaban J connectivity index is 1.58. The fourth-order valence-corrected chi connectivity index (χ4v) is 9.67. The van der Waals surface area contributed by atoms with Gasteiger partial charge in [0, 0.05) is 25.4 Å². The van der Waals surface area contributed by atoms with Crippen LogP contribution in [-0.2, 0) is 68.4 Å². The Bertz CT molecular complexity index is 1880. The number of amides is 2. The Kier molecular flexibility index (Phi) is 19.2. The lowest BCUT2D eigenvalue weighted by Gasteiger charge is -2.48. The highest BCUT2D eigenvalue weighted by Gasteiger charge is 2.47. The minimum Gasteiger partial charge on any atom is -0.446 e. The highest BCUT2D eigenvalue weighted by Crippen LogP contribution is 2.40. The summed E-state index contributed by atoms with van der Waals surface area (Å²) in [5.74, 6) is -3.21. The van der Waals surface area contributed by atoms with Crippen LogP contribution in [0.3, 0.4) is 0 Å². The largest absolute Gasteiger partial charge is 0.446 e. The van der Waals surface area contributed by atoms with Crippen molar-refractivity contribution in [2.24, 2.45) is 17.8 Å². The zero-order valence-electron chi connectivity index (χ0n) is 37.1. The fourth-order valence-electron chi connectivity index (χ4n) is 8.29. The van der Waals surface area contributed by atoms with Crippen molar-refractivity contribution in [1.82, 2.24) is 4.90 Å². The third kappa shape index (κ3) is 15.9. The molecule has 61 heavy (non-hydrogen) atoms. The minimum absolute atomic E-state index is 0.0278. The monoisotopic (exact) mass is 897 g/mol. The zero-order valence-corrected chi connectivity index (χ0v) is 38.7. The molecule has 2 aliphatic heterocycles. The molecule has 4 rings (SSSR count). The maximum absolute atomic E-state index is 14.1. The van der Waals surface area contributed by atoms with Crippen LogP contribution in [0.1, 0.15) is 104 Å². The van der Waals surface area contributed by atoms with E-state index in [0.717, 1.165) is 29.4 Å². The van der Waals surface area contributed by atoms with Gasteiger partial charge in [0.1, 0.15) is 19.4 Å². The molecule has 2 saturated heterocycles. The summed E-state index contributed by atoms with van der Waals surface area (Å²) in [7, 11) is -6.30. The molecule has 0 radical (unpaired) electrons. The average molecular weight is 898 g/mol. The van der Waals surface area contributed by atoms with Crippen LogP contribution in [0.15, 0.2) is 60.7 Å². The summed E-state index contributed by atoms with van der Waals surface area (Å²) < 4.78 is 97.4. The van der Waals surface area contributed by atoms with Crippen molar-refractivity contribution in [1.29, 1.82) is 0 Å². The van der Waals surface area contributed by atoms with Crippen LogP contribution < -0.4 is 0 Å². The van der Waals surface area contributed by atoms with E-state index in [-0.39, 0.29) is 56.9 Å². The van der Waals surface area contributed by atoms with Crippen molar-refractivity contribution < 1.29 is 63.2 Å². The molecule has 2 aromatic rings. The number of nitrogens with zero attached hydrogens (tertiary/aromatic N) is 1. The van der Waals surface area contributed by atoms with Gasteiger partial charge in [0.25, 0.3) is 20.2 Å². The van der Waals surface area contributed by atoms with Crippen LogP contribution in [0.5, 0.6) is 0 Å². The first-order chi connectivity index (χ1) is 28.7. The molecule has 0 unspecified atom stereocenters. The van der Waals surface area contributed by atoms with Gasteiger partial charge in [-0.15, -0.1) is 0 Å². The molecule has 17 heteroatoms. The van der Waals surface area contributed by atoms with E-state index in [0.29, 0.717) is 31.2 Å². The van der Waals surface area contributed by atoms with Crippen molar-refractivity contribution in [2.75, 3.05) is 33.0 Å². The van der Waals surface area contributed by atoms with Crippen LogP contribution in [0.25, 0.3) is 0 Å². The Hall–Kier alpha value is -3.00. The third-order valence-corrected chi connectivity index (χ3v) is 12.5. The van der Waals surface area contributed by atoms with E-state index in [1.54, 1.807) is 31.2 Å². The van der Waals surface area contributed by atoms with E-state index in [1.807, 2.05) is 71.0 Å². The first-order valence-corrected chi connectivity index (χ1v) is 24.8. The zero-order chi connectivity index (χ0) is 45.0. The van der Waals surface area contributed by atoms with Gasteiger partial charge in [-0.2, -0.15) is 16.8 Å². The molecular formula is C44H67NO14S2. The van der Waals surface area contributed by atoms with Crippen LogP contribution in [0, 0.1) is 17.8 Å². The maximum atomic E-state index is 14.1. The number of carbonyl (C=O) groups is 2. The molecule has 0 N–H and O–H groups in total. The highest BCUT2D eigenvalue weighted by atomic mass is 32.2. The van der Waals surface area contributed by atoms with Crippen molar-refractivity contribution in [2.45, 2.75) is 142 Å². The average Bonchev–Trinajstić information content (AvgIpc) is 3.59. The molecule has 2 amide bonds. The third-order valence-electron chi connectivity index (χ3n) is 11.3. The molecule has 0 aromatic heterocycles. The number of imide groups is 1. The van der Waals surface area contributed by atoms with Crippen LogP contribution >= 0.6 is 0 Å². The summed E-state index contributed by atoms with van der Waals surface area (Å²) >= 11 is 0. The number of rotatable bonds is 25. The molecule has 2 aliphatic rings. The summed E-state index contributed by atoms with van der Waals surface area (Å²) in [6.07, 6.45) is 0.846. The Morgan fingerprint density at radius 3 is 2.08 bits per heavy atom. The number of cyclic esters (lactones) is 1.